The van der Waals surface area contributed by atoms with Gasteiger partial charge in [-0.25, -0.2) is 0 Å². The maximum absolute atomic E-state index is 12.5. The van der Waals surface area contributed by atoms with Gasteiger partial charge in [0, 0.05) is 18.8 Å². The molecule has 0 saturated carbocycles. The number of aryl methyl sites for hydroxylation is 2. The number of nitrogens with zero attached hydrogens (tertiary/aromatic N) is 2. The molecule has 2 aromatic heterocycles. The largest absolute Gasteiger partial charge is 0.459 e. The molecule has 142 valence electrons. The van der Waals surface area contributed by atoms with Crippen molar-refractivity contribution >= 4 is 11.8 Å². The summed E-state index contributed by atoms with van der Waals surface area (Å²) in [4.78, 5) is 24.7. The van der Waals surface area contributed by atoms with Gasteiger partial charge in [-0.15, -0.1) is 0 Å². The third-order valence-electron chi connectivity index (χ3n) is 4.19. The normalized spacial score (nSPS) is 13.5. The second-order valence-corrected chi connectivity index (χ2v) is 7.13. The predicted molar refractivity (Wildman–Crippen MR) is 98.7 cm³/mol. The second-order valence-electron chi connectivity index (χ2n) is 7.13. The van der Waals surface area contributed by atoms with Gasteiger partial charge in [-0.05, 0) is 43.9 Å². The zero-order chi connectivity index (χ0) is 19.3. The van der Waals surface area contributed by atoms with Crippen molar-refractivity contribution in [1.29, 1.82) is 0 Å². The number of carbonyl (C=O) groups is 2. The van der Waals surface area contributed by atoms with Crippen LogP contribution < -0.4 is 10.6 Å². The fraction of sp³-hybridized carbons (Fsp3) is 0.526. The van der Waals surface area contributed by atoms with E-state index in [1.165, 1.54) is 6.26 Å². The van der Waals surface area contributed by atoms with Gasteiger partial charge in [0.2, 0.25) is 5.91 Å². The molecule has 0 aromatic carbocycles. The molecular weight excluding hydrogens is 332 g/mol. The zero-order valence-corrected chi connectivity index (χ0v) is 16.1. The number of amides is 2. The predicted octanol–water partition coefficient (Wildman–Crippen LogP) is 2.30. The molecule has 0 aliphatic rings. The van der Waals surface area contributed by atoms with Gasteiger partial charge in [0.25, 0.3) is 5.91 Å². The van der Waals surface area contributed by atoms with E-state index in [0.717, 1.165) is 17.9 Å². The lowest BCUT2D eigenvalue weighted by Gasteiger charge is -2.22. The first-order valence-electron chi connectivity index (χ1n) is 8.91. The summed E-state index contributed by atoms with van der Waals surface area (Å²) in [6.45, 7) is 11.1. The molecule has 0 radical (unpaired) electrons. The van der Waals surface area contributed by atoms with E-state index >= 15 is 0 Å². The van der Waals surface area contributed by atoms with Crippen LogP contribution in [0.25, 0.3) is 0 Å². The van der Waals surface area contributed by atoms with E-state index in [9.17, 15) is 9.59 Å². The lowest BCUT2D eigenvalue weighted by molar-refractivity contribution is -0.124. The van der Waals surface area contributed by atoms with Crippen molar-refractivity contribution < 1.29 is 14.0 Å². The number of furan rings is 1. The third-order valence-corrected chi connectivity index (χ3v) is 4.19. The Bertz CT molecular complexity index is 734. The van der Waals surface area contributed by atoms with E-state index in [0.29, 0.717) is 6.54 Å². The Labute approximate surface area is 154 Å². The monoisotopic (exact) mass is 360 g/mol. The Hall–Kier alpha value is -2.57. The van der Waals surface area contributed by atoms with Crippen LogP contribution in [0.1, 0.15) is 42.7 Å². The SMILES string of the molecule is Cc1cc(C)n(C[C@H](C)CNC(=O)[C@H](NC(=O)c2ccco2)C(C)C)n1. The van der Waals surface area contributed by atoms with Crippen LogP contribution in [0.4, 0.5) is 0 Å². The van der Waals surface area contributed by atoms with Crippen molar-refractivity contribution in [3.8, 4) is 0 Å². The summed E-state index contributed by atoms with van der Waals surface area (Å²) in [5.74, 6) is -0.216. The van der Waals surface area contributed by atoms with Crippen LogP contribution in [0.2, 0.25) is 0 Å². The number of rotatable bonds is 8. The van der Waals surface area contributed by atoms with Crippen molar-refractivity contribution in [2.24, 2.45) is 11.8 Å². The summed E-state index contributed by atoms with van der Waals surface area (Å²) in [7, 11) is 0. The van der Waals surface area contributed by atoms with E-state index in [-0.39, 0.29) is 29.4 Å². The number of aromatic nitrogens is 2. The molecule has 2 rings (SSSR count). The molecule has 2 amide bonds. The minimum absolute atomic E-state index is 0.0415. The van der Waals surface area contributed by atoms with Crippen LogP contribution in [0.3, 0.4) is 0 Å². The molecule has 0 fully saturated rings. The van der Waals surface area contributed by atoms with Gasteiger partial charge in [-0.3, -0.25) is 14.3 Å². The maximum Gasteiger partial charge on any atom is 0.287 e. The maximum atomic E-state index is 12.5. The van der Waals surface area contributed by atoms with E-state index in [2.05, 4.69) is 22.7 Å². The first-order valence-corrected chi connectivity index (χ1v) is 8.91. The molecule has 2 heterocycles. The number of hydrogen-bond donors (Lipinski definition) is 2. The third kappa shape index (κ3) is 5.21. The van der Waals surface area contributed by atoms with Crippen molar-refractivity contribution in [3.63, 3.8) is 0 Å². The standard InChI is InChI=1S/C19H28N4O3/c1-12(2)17(21-18(24)16-7-6-8-26-16)19(25)20-10-13(3)11-23-15(5)9-14(4)22-23/h6-9,12-13,17H,10-11H2,1-5H3,(H,20,25)(H,21,24)/t13-,17-/m1/s1. The van der Waals surface area contributed by atoms with Crippen LogP contribution in [0.5, 0.6) is 0 Å². The minimum Gasteiger partial charge on any atom is -0.459 e. The minimum atomic E-state index is -0.617. The van der Waals surface area contributed by atoms with Gasteiger partial charge in [0.1, 0.15) is 6.04 Å². The zero-order valence-electron chi connectivity index (χ0n) is 16.1. The summed E-state index contributed by atoms with van der Waals surface area (Å²) in [6, 6.07) is 4.62. The van der Waals surface area contributed by atoms with Crippen LogP contribution in [-0.4, -0.2) is 34.2 Å². The molecule has 2 aromatic rings. The Kier molecular flexibility index (Phi) is 6.60. The molecule has 7 heteroatoms. The Morgan fingerprint density at radius 2 is 2.00 bits per heavy atom. The van der Waals surface area contributed by atoms with E-state index in [1.807, 2.05) is 38.4 Å². The molecule has 0 bridgehead atoms. The van der Waals surface area contributed by atoms with Crippen LogP contribution in [0, 0.1) is 25.7 Å². The van der Waals surface area contributed by atoms with Crippen molar-refractivity contribution in [2.45, 2.75) is 47.2 Å². The molecule has 0 saturated heterocycles. The highest BCUT2D eigenvalue weighted by atomic mass is 16.3. The molecule has 2 atom stereocenters. The van der Waals surface area contributed by atoms with Crippen molar-refractivity contribution in [1.82, 2.24) is 20.4 Å². The summed E-state index contributed by atoms with van der Waals surface area (Å²) < 4.78 is 7.03. The first-order chi connectivity index (χ1) is 12.3. The molecule has 0 spiro atoms. The van der Waals surface area contributed by atoms with Crippen LogP contribution in [-0.2, 0) is 11.3 Å². The fourth-order valence-corrected chi connectivity index (χ4v) is 2.76. The van der Waals surface area contributed by atoms with Gasteiger partial charge in [-0.2, -0.15) is 5.10 Å². The summed E-state index contributed by atoms with van der Waals surface area (Å²) in [5, 5.41) is 10.1. The number of nitrogens with one attached hydrogen (secondary N) is 2. The molecule has 0 unspecified atom stereocenters. The molecule has 0 aliphatic heterocycles. The smallest absolute Gasteiger partial charge is 0.287 e. The summed E-state index contributed by atoms with van der Waals surface area (Å²) in [5.41, 5.74) is 2.09. The van der Waals surface area contributed by atoms with Crippen molar-refractivity contribution in [3.05, 3.63) is 41.6 Å². The number of carbonyl (C=O) groups excluding carboxylic acids is 2. The van der Waals surface area contributed by atoms with Crippen LogP contribution in [0.15, 0.2) is 28.9 Å². The van der Waals surface area contributed by atoms with Gasteiger partial charge >= 0.3 is 0 Å². The quantitative estimate of drug-likeness (QED) is 0.756. The van der Waals surface area contributed by atoms with Gasteiger partial charge in [-0.1, -0.05) is 20.8 Å². The first kappa shape index (κ1) is 19.8. The second kappa shape index (κ2) is 8.69. The Morgan fingerprint density at radius 3 is 2.54 bits per heavy atom. The highest BCUT2D eigenvalue weighted by Crippen LogP contribution is 2.08. The van der Waals surface area contributed by atoms with Crippen molar-refractivity contribution in [2.75, 3.05) is 6.54 Å². The van der Waals surface area contributed by atoms with E-state index < -0.39 is 6.04 Å². The molecule has 0 aliphatic carbocycles. The van der Waals surface area contributed by atoms with Gasteiger partial charge in [0.15, 0.2) is 5.76 Å². The average molecular weight is 360 g/mol. The topological polar surface area (TPSA) is 89.2 Å². The molecule has 2 N–H and O–H groups in total. The molecular formula is C19H28N4O3. The molecule has 26 heavy (non-hydrogen) atoms. The van der Waals surface area contributed by atoms with E-state index in [4.69, 9.17) is 4.42 Å². The van der Waals surface area contributed by atoms with E-state index in [1.54, 1.807) is 12.1 Å². The summed E-state index contributed by atoms with van der Waals surface area (Å²) >= 11 is 0. The highest BCUT2D eigenvalue weighted by Gasteiger charge is 2.25. The average Bonchev–Trinajstić information content (AvgIpc) is 3.20. The number of hydrogen-bond acceptors (Lipinski definition) is 4. The summed E-state index contributed by atoms with van der Waals surface area (Å²) in [6.07, 6.45) is 1.43. The van der Waals surface area contributed by atoms with Gasteiger partial charge < -0.3 is 15.1 Å². The lowest BCUT2D eigenvalue weighted by Crippen LogP contribution is -2.50. The molecule has 7 nitrogen and oxygen atoms in total. The van der Waals surface area contributed by atoms with Gasteiger partial charge in [0.05, 0.1) is 12.0 Å². The Morgan fingerprint density at radius 1 is 1.27 bits per heavy atom. The van der Waals surface area contributed by atoms with Crippen LogP contribution >= 0.6 is 0 Å². The fourth-order valence-electron chi connectivity index (χ4n) is 2.76. The highest BCUT2D eigenvalue weighted by molar-refractivity contribution is 5.95. The Balaban J connectivity index is 1.88. The lowest BCUT2D eigenvalue weighted by atomic mass is 10.0.